The first-order valence-corrected chi connectivity index (χ1v) is 10.8. The molecule has 0 aromatic rings. The van der Waals surface area contributed by atoms with Crippen LogP contribution in [0.15, 0.2) is 0 Å². The van der Waals surface area contributed by atoms with E-state index in [4.69, 9.17) is 21.4 Å². The summed E-state index contributed by atoms with van der Waals surface area (Å²) in [6.07, 6.45) is -0.377. The monoisotopic (exact) mass is 322 g/mol. The van der Waals surface area contributed by atoms with E-state index in [1.807, 2.05) is 13.8 Å². The summed E-state index contributed by atoms with van der Waals surface area (Å²) in [6, 6.07) is 0. The van der Waals surface area contributed by atoms with Gasteiger partial charge < -0.3 is 9.16 Å². The van der Waals surface area contributed by atoms with E-state index < -0.39 is 8.32 Å². The molecule has 0 aromatic heterocycles. The minimum absolute atomic E-state index is 0.0666. The Bertz CT molecular complexity index is 324. The van der Waals surface area contributed by atoms with Crippen LogP contribution >= 0.6 is 24.0 Å². The number of thiocarbonyl (C=S) groups is 1. The molecule has 19 heavy (non-hydrogen) atoms. The van der Waals surface area contributed by atoms with Crippen molar-refractivity contribution < 1.29 is 14.0 Å². The third-order valence-corrected chi connectivity index (χ3v) is 9.13. The van der Waals surface area contributed by atoms with Gasteiger partial charge in [-0.25, -0.2) is 0 Å². The lowest BCUT2D eigenvalue weighted by Gasteiger charge is -2.38. The molecule has 0 aliphatic rings. The van der Waals surface area contributed by atoms with Crippen LogP contribution in [-0.2, 0) is 14.0 Å². The lowest BCUT2D eigenvalue weighted by atomic mass is 10.2. The van der Waals surface area contributed by atoms with E-state index in [1.165, 1.54) is 11.8 Å². The summed E-state index contributed by atoms with van der Waals surface area (Å²) in [5, 5.41) is 0.106. The van der Waals surface area contributed by atoms with Gasteiger partial charge in [0.25, 0.3) is 0 Å². The van der Waals surface area contributed by atoms with Gasteiger partial charge in [0.1, 0.15) is 6.10 Å². The fourth-order valence-electron chi connectivity index (χ4n) is 1.09. The van der Waals surface area contributed by atoms with Crippen molar-refractivity contribution in [3.63, 3.8) is 0 Å². The highest BCUT2D eigenvalue weighted by Gasteiger charge is 2.39. The molecule has 1 atom stereocenters. The highest BCUT2D eigenvalue weighted by Crippen LogP contribution is 2.37. The molecule has 0 spiro atoms. The molecular weight excluding hydrogens is 296 g/mol. The molecule has 0 radical (unpaired) electrons. The number of ether oxygens (including phenoxy) is 1. The van der Waals surface area contributed by atoms with Crippen LogP contribution in [0.5, 0.6) is 0 Å². The van der Waals surface area contributed by atoms with Gasteiger partial charge in [-0.2, -0.15) is 0 Å². The predicted octanol–water partition coefficient (Wildman–Crippen LogP) is 4.02. The zero-order valence-corrected chi connectivity index (χ0v) is 15.7. The molecule has 0 heterocycles. The van der Waals surface area contributed by atoms with E-state index in [2.05, 4.69) is 33.9 Å². The molecule has 0 N–H and O–H groups in total. The van der Waals surface area contributed by atoms with Crippen LogP contribution in [0.25, 0.3) is 0 Å². The van der Waals surface area contributed by atoms with E-state index in [0.717, 1.165) is 0 Å². The third kappa shape index (κ3) is 6.88. The average Bonchev–Trinajstić information content (AvgIpc) is 2.24. The van der Waals surface area contributed by atoms with Gasteiger partial charge in [0.05, 0.1) is 12.4 Å². The molecule has 3 nitrogen and oxygen atoms in total. The Morgan fingerprint density at radius 1 is 1.37 bits per heavy atom. The van der Waals surface area contributed by atoms with Crippen LogP contribution in [0.2, 0.25) is 18.1 Å². The van der Waals surface area contributed by atoms with Crippen LogP contribution in [0.3, 0.4) is 0 Å². The molecule has 112 valence electrons. The molecule has 0 amide bonds. The minimum Gasteiger partial charge on any atom is -0.479 e. The van der Waals surface area contributed by atoms with Crippen molar-refractivity contribution in [2.24, 2.45) is 0 Å². The van der Waals surface area contributed by atoms with Crippen LogP contribution in [0.1, 0.15) is 34.6 Å². The van der Waals surface area contributed by atoms with E-state index >= 15 is 0 Å². The molecule has 0 bridgehead atoms. The maximum atomic E-state index is 12.0. The quantitative estimate of drug-likeness (QED) is 0.545. The topological polar surface area (TPSA) is 35.5 Å². The summed E-state index contributed by atoms with van der Waals surface area (Å²) in [7, 11) is -1.90. The first kappa shape index (κ1) is 19.1. The summed E-state index contributed by atoms with van der Waals surface area (Å²) in [4.78, 5) is 12.0. The standard InChI is InChI=1S/C13H26O3S2Si/c1-8-15-12(17)18-9-11(14)10(2)16-19(6,7)13(3,4)5/h10H,8-9H2,1-7H3/t10-/m1/s1. The number of rotatable bonds is 6. The molecule has 0 aliphatic carbocycles. The molecular formula is C13H26O3S2Si. The largest absolute Gasteiger partial charge is 0.479 e. The van der Waals surface area contributed by atoms with Gasteiger partial charge in [0, 0.05) is 0 Å². The maximum Gasteiger partial charge on any atom is 0.220 e. The van der Waals surface area contributed by atoms with Gasteiger partial charge in [-0.1, -0.05) is 32.5 Å². The smallest absolute Gasteiger partial charge is 0.220 e. The van der Waals surface area contributed by atoms with Crippen molar-refractivity contribution in [2.75, 3.05) is 12.4 Å². The van der Waals surface area contributed by atoms with E-state index in [0.29, 0.717) is 16.7 Å². The van der Waals surface area contributed by atoms with Crippen LogP contribution in [0.4, 0.5) is 0 Å². The molecule has 0 aromatic carbocycles. The number of carbonyl (C=O) groups is 1. The zero-order chi connectivity index (χ0) is 15.3. The van der Waals surface area contributed by atoms with Gasteiger partial charge in [-0.3, -0.25) is 4.79 Å². The molecule has 0 saturated heterocycles. The fraction of sp³-hybridized carbons (Fsp3) is 0.846. The van der Waals surface area contributed by atoms with Crippen molar-refractivity contribution in [3.8, 4) is 0 Å². The van der Waals surface area contributed by atoms with Gasteiger partial charge in [-0.15, -0.1) is 0 Å². The van der Waals surface area contributed by atoms with Crippen molar-refractivity contribution in [1.29, 1.82) is 0 Å². The molecule has 0 unspecified atom stereocenters. The molecule has 0 saturated carbocycles. The van der Waals surface area contributed by atoms with Crippen molar-refractivity contribution >= 4 is 42.5 Å². The van der Waals surface area contributed by atoms with Gasteiger partial charge in [0.15, 0.2) is 14.1 Å². The number of ketones is 1. The second-order valence-corrected chi connectivity index (χ2v) is 12.3. The van der Waals surface area contributed by atoms with E-state index in [-0.39, 0.29) is 16.9 Å². The van der Waals surface area contributed by atoms with Crippen molar-refractivity contribution in [3.05, 3.63) is 0 Å². The average molecular weight is 323 g/mol. The van der Waals surface area contributed by atoms with Crippen LogP contribution in [0, 0.1) is 0 Å². The van der Waals surface area contributed by atoms with Gasteiger partial charge in [-0.05, 0) is 44.2 Å². The van der Waals surface area contributed by atoms with E-state index in [9.17, 15) is 4.79 Å². The van der Waals surface area contributed by atoms with Gasteiger partial charge in [0.2, 0.25) is 4.38 Å². The Hall–Kier alpha value is 0.0869. The molecule has 0 rings (SSSR count). The summed E-state index contributed by atoms with van der Waals surface area (Å²) < 4.78 is 11.6. The SMILES string of the molecule is CCOC(=S)SCC(=O)[C@@H](C)O[Si](C)(C)C(C)(C)C. The highest BCUT2D eigenvalue weighted by atomic mass is 32.2. The summed E-state index contributed by atoms with van der Waals surface area (Å²) in [5.41, 5.74) is 0. The zero-order valence-electron chi connectivity index (χ0n) is 13.0. The summed E-state index contributed by atoms with van der Waals surface area (Å²) in [5.74, 6) is 0.381. The Morgan fingerprint density at radius 2 is 1.89 bits per heavy atom. The lowest BCUT2D eigenvalue weighted by molar-refractivity contribution is -0.122. The van der Waals surface area contributed by atoms with Crippen molar-refractivity contribution in [1.82, 2.24) is 0 Å². The molecule has 0 fully saturated rings. The van der Waals surface area contributed by atoms with Gasteiger partial charge >= 0.3 is 0 Å². The Morgan fingerprint density at radius 3 is 2.32 bits per heavy atom. The van der Waals surface area contributed by atoms with Crippen LogP contribution in [-0.4, -0.2) is 36.9 Å². The Labute approximate surface area is 127 Å². The van der Waals surface area contributed by atoms with Crippen molar-refractivity contribution in [2.45, 2.75) is 58.9 Å². The number of hydrogen-bond acceptors (Lipinski definition) is 5. The Balaban J connectivity index is 4.32. The van der Waals surface area contributed by atoms with Crippen LogP contribution < -0.4 is 0 Å². The minimum atomic E-state index is -1.90. The third-order valence-electron chi connectivity index (χ3n) is 3.33. The maximum absolute atomic E-state index is 12.0. The highest BCUT2D eigenvalue weighted by molar-refractivity contribution is 8.23. The second kappa shape index (κ2) is 7.76. The molecule has 6 heteroatoms. The first-order valence-electron chi connectivity index (χ1n) is 6.51. The number of hydrogen-bond donors (Lipinski definition) is 0. The number of carbonyl (C=O) groups excluding carboxylic acids is 1. The fourth-order valence-corrected chi connectivity index (χ4v) is 3.45. The number of thioether (sulfide) groups is 1. The Kier molecular flexibility index (Phi) is 7.80. The molecule has 0 aliphatic heterocycles. The predicted molar refractivity (Wildman–Crippen MR) is 89.4 cm³/mol. The second-order valence-electron chi connectivity index (χ2n) is 5.96. The first-order chi connectivity index (χ1) is 8.51. The number of Topliss-reactive ketones (excluding diaryl/α,β-unsaturated/α-hetero) is 1. The summed E-state index contributed by atoms with van der Waals surface area (Å²) >= 11 is 6.25. The van der Waals surface area contributed by atoms with E-state index in [1.54, 1.807) is 0 Å². The summed E-state index contributed by atoms with van der Waals surface area (Å²) in [6.45, 7) is 15.0. The normalized spacial score (nSPS) is 14.1. The lowest BCUT2D eigenvalue weighted by Crippen LogP contribution is -2.45.